The molecule has 0 aliphatic carbocycles. The Morgan fingerprint density at radius 1 is 1.32 bits per heavy atom. The van der Waals surface area contributed by atoms with Crippen LogP contribution in [0.2, 0.25) is 0 Å². The molecule has 3 amide bonds. The molecule has 3 N–H and O–H groups in total. The molecule has 0 spiro atoms. The van der Waals surface area contributed by atoms with Crippen LogP contribution in [-0.4, -0.2) is 43.2 Å². The minimum Gasteiger partial charge on any atom is -0.434 e. The highest BCUT2D eigenvalue weighted by Crippen LogP contribution is 2.16. The van der Waals surface area contributed by atoms with Crippen molar-refractivity contribution in [2.75, 3.05) is 25.0 Å². The highest BCUT2D eigenvalue weighted by Gasteiger charge is 2.12. The molecule has 8 heteroatoms. The number of ether oxygens (including phenoxy) is 2. The van der Waals surface area contributed by atoms with E-state index in [1.807, 2.05) is 0 Å². The maximum atomic E-state index is 11.8. The Morgan fingerprint density at radius 2 is 2.00 bits per heavy atom. The smallest absolute Gasteiger partial charge is 0.434 e. The van der Waals surface area contributed by atoms with Crippen LogP contribution < -0.4 is 15.8 Å². The Balaban J connectivity index is 2.57. The fourth-order valence-corrected chi connectivity index (χ4v) is 1.51. The predicted octanol–water partition coefficient (Wildman–Crippen LogP) is 1.56. The van der Waals surface area contributed by atoms with Crippen molar-refractivity contribution in [3.63, 3.8) is 0 Å². The summed E-state index contributed by atoms with van der Waals surface area (Å²) in [4.78, 5) is 34.8. The summed E-state index contributed by atoms with van der Waals surface area (Å²) in [7, 11) is 0. The zero-order valence-corrected chi connectivity index (χ0v) is 12.3. The van der Waals surface area contributed by atoms with Gasteiger partial charge in [-0.3, -0.25) is 9.69 Å². The molecule has 0 aliphatic rings. The van der Waals surface area contributed by atoms with E-state index in [2.05, 4.69) is 10.1 Å². The van der Waals surface area contributed by atoms with Crippen LogP contribution in [-0.2, 0) is 9.53 Å². The number of hydrogen-bond donors (Lipinski definition) is 2. The first-order chi connectivity index (χ1) is 10.6. The van der Waals surface area contributed by atoms with Crippen molar-refractivity contribution in [3.8, 4) is 5.75 Å². The molecular weight excluding hydrogens is 290 g/mol. The van der Waals surface area contributed by atoms with Crippen LogP contribution >= 0.6 is 0 Å². The minimum atomic E-state index is -0.798. The van der Waals surface area contributed by atoms with Gasteiger partial charge >= 0.3 is 12.2 Å². The van der Waals surface area contributed by atoms with Gasteiger partial charge in [0.15, 0.2) is 0 Å². The van der Waals surface area contributed by atoms with E-state index in [4.69, 9.17) is 10.5 Å². The number of carbonyl (C=O) groups excluding carboxylic acids is 3. The highest BCUT2D eigenvalue weighted by molar-refractivity contribution is 5.95. The molecule has 1 aromatic rings. The van der Waals surface area contributed by atoms with Gasteiger partial charge in [0.1, 0.15) is 5.75 Å². The second-order valence-electron chi connectivity index (χ2n) is 4.18. The second-order valence-corrected chi connectivity index (χ2v) is 4.18. The lowest BCUT2D eigenvalue weighted by Gasteiger charge is -2.16. The van der Waals surface area contributed by atoms with Crippen molar-refractivity contribution < 1.29 is 23.9 Å². The SMILES string of the molecule is CCOC(=O)Oc1ccc(NC(=O)N(C=O)CCCN)cc1. The number of imide groups is 1. The van der Waals surface area contributed by atoms with Crippen LogP contribution in [0.15, 0.2) is 24.3 Å². The first-order valence-corrected chi connectivity index (χ1v) is 6.78. The van der Waals surface area contributed by atoms with Gasteiger partial charge in [0.05, 0.1) is 6.61 Å². The first-order valence-electron chi connectivity index (χ1n) is 6.78. The molecule has 1 aromatic carbocycles. The van der Waals surface area contributed by atoms with E-state index in [0.717, 1.165) is 4.90 Å². The molecule has 0 heterocycles. The van der Waals surface area contributed by atoms with Gasteiger partial charge in [-0.25, -0.2) is 9.59 Å². The molecule has 22 heavy (non-hydrogen) atoms. The van der Waals surface area contributed by atoms with Crippen molar-refractivity contribution in [2.24, 2.45) is 5.73 Å². The molecule has 0 radical (unpaired) electrons. The van der Waals surface area contributed by atoms with Crippen molar-refractivity contribution in [1.82, 2.24) is 4.90 Å². The Hall–Kier alpha value is -2.61. The summed E-state index contributed by atoms with van der Waals surface area (Å²) in [6, 6.07) is 5.52. The van der Waals surface area contributed by atoms with Gasteiger partial charge < -0.3 is 20.5 Å². The molecule has 0 bridgehead atoms. The Bertz CT molecular complexity index is 504. The topological polar surface area (TPSA) is 111 Å². The minimum absolute atomic E-state index is 0.220. The lowest BCUT2D eigenvalue weighted by atomic mass is 10.3. The molecule has 0 atom stereocenters. The summed E-state index contributed by atoms with van der Waals surface area (Å²) in [6.07, 6.45) is 0.176. The van der Waals surface area contributed by atoms with Gasteiger partial charge in [-0.15, -0.1) is 0 Å². The second kappa shape index (κ2) is 9.35. The maximum Gasteiger partial charge on any atom is 0.513 e. The van der Waals surface area contributed by atoms with Gasteiger partial charge in [-0.2, -0.15) is 0 Å². The van der Waals surface area contributed by atoms with Gasteiger partial charge in [-0.05, 0) is 44.2 Å². The lowest BCUT2D eigenvalue weighted by molar-refractivity contribution is -0.115. The van der Waals surface area contributed by atoms with Gasteiger partial charge in [0.2, 0.25) is 6.41 Å². The number of hydrogen-bond acceptors (Lipinski definition) is 6. The number of amides is 3. The highest BCUT2D eigenvalue weighted by atomic mass is 16.7. The summed E-state index contributed by atoms with van der Waals surface area (Å²) in [5.74, 6) is 0.284. The van der Waals surface area contributed by atoms with E-state index in [-0.39, 0.29) is 18.9 Å². The van der Waals surface area contributed by atoms with Crippen molar-refractivity contribution in [3.05, 3.63) is 24.3 Å². The van der Waals surface area contributed by atoms with Gasteiger partial charge in [0, 0.05) is 12.2 Å². The summed E-state index contributed by atoms with van der Waals surface area (Å²) >= 11 is 0. The molecule has 120 valence electrons. The number of nitrogens with one attached hydrogen (secondary N) is 1. The molecule has 0 saturated carbocycles. The van der Waals surface area contributed by atoms with E-state index in [0.29, 0.717) is 25.1 Å². The quantitative estimate of drug-likeness (QED) is 0.449. The largest absolute Gasteiger partial charge is 0.513 e. The lowest BCUT2D eigenvalue weighted by Crippen LogP contribution is -2.35. The average molecular weight is 309 g/mol. The van der Waals surface area contributed by atoms with E-state index in [1.54, 1.807) is 19.1 Å². The third kappa shape index (κ3) is 5.80. The number of carbonyl (C=O) groups is 3. The normalized spacial score (nSPS) is 9.73. The Labute approximate surface area is 128 Å². The monoisotopic (exact) mass is 309 g/mol. The standard InChI is InChI=1S/C14H19N3O5/c1-2-21-14(20)22-12-6-4-11(5-7-12)16-13(19)17(10-18)9-3-8-15/h4-7,10H,2-3,8-9,15H2,1H3,(H,16,19). The number of nitrogens with two attached hydrogens (primary N) is 1. The van der Waals surface area contributed by atoms with Crippen LogP contribution in [0.3, 0.4) is 0 Å². The van der Waals surface area contributed by atoms with E-state index >= 15 is 0 Å². The molecule has 0 saturated heterocycles. The number of nitrogens with zero attached hydrogens (tertiary/aromatic N) is 1. The summed E-state index contributed by atoms with van der Waals surface area (Å²) < 4.78 is 9.52. The molecular formula is C14H19N3O5. The number of urea groups is 1. The zero-order valence-electron chi connectivity index (χ0n) is 12.3. The predicted molar refractivity (Wildman–Crippen MR) is 79.6 cm³/mol. The fourth-order valence-electron chi connectivity index (χ4n) is 1.51. The van der Waals surface area contributed by atoms with Crippen LogP contribution in [0.4, 0.5) is 15.3 Å². The molecule has 0 aromatic heterocycles. The molecule has 8 nitrogen and oxygen atoms in total. The summed E-state index contributed by atoms with van der Waals surface area (Å²) in [5.41, 5.74) is 5.80. The molecule has 0 aliphatic heterocycles. The van der Waals surface area contributed by atoms with E-state index in [1.165, 1.54) is 12.1 Å². The van der Waals surface area contributed by atoms with Crippen molar-refractivity contribution in [1.29, 1.82) is 0 Å². The Kier molecular flexibility index (Phi) is 7.41. The molecule has 0 unspecified atom stereocenters. The molecule has 1 rings (SSSR count). The third-order valence-corrected chi connectivity index (χ3v) is 2.56. The summed E-state index contributed by atoms with van der Waals surface area (Å²) in [5, 5.41) is 2.55. The van der Waals surface area contributed by atoms with Crippen LogP contribution in [0, 0.1) is 0 Å². The maximum absolute atomic E-state index is 11.8. The number of rotatable bonds is 7. The van der Waals surface area contributed by atoms with Crippen molar-refractivity contribution >= 4 is 24.3 Å². The van der Waals surface area contributed by atoms with E-state index < -0.39 is 12.2 Å². The van der Waals surface area contributed by atoms with E-state index in [9.17, 15) is 14.4 Å². The van der Waals surface area contributed by atoms with Crippen LogP contribution in [0.1, 0.15) is 13.3 Å². The van der Waals surface area contributed by atoms with Gasteiger partial charge in [0.25, 0.3) is 0 Å². The zero-order chi connectivity index (χ0) is 16.4. The summed E-state index contributed by atoms with van der Waals surface area (Å²) in [6.45, 7) is 2.52. The third-order valence-electron chi connectivity index (χ3n) is 2.56. The van der Waals surface area contributed by atoms with Crippen LogP contribution in [0.25, 0.3) is 0 Å². The van der Waals surface area contributed by atoms with Crippen LogP contribution in [0.5, 0.6) is 5.75 Å². The Morgan fingerprint density at radius 3 is 2.55 bits per heavy atom. The van der Waals surface area contributed by atoms with Crippen molar-refractivity contribution in [2.45, 2.75) is 13.3 Å². The first kappa shape index (κ1) is 17.4. The molecule has 0 fully saturated rings. The van der Waals surface area contributed by atoms with Gasteiger partial charge in [-0.1, -0.05) is 0 Å². The average Bonchev–Trinajstić information content (AvgIpc) is 2.50. The fraction of sp³-hybridized carbons (Fsp3) is 0.357. The number of benzene rings is 1. The number of anilines is 1.